The number of phenolic OH excluding ortho intramolecular Hbond substituents is 1. The molecule has 0 bridgehead atoms. The predicted octanol–water partition coefficient (Wildman–Crippen LogP) is 2.56. The van der Waals surface area contributed by atoms with Crippen molar-refractivity contribution in [2.45, 2.75) is 6.42 Å². The lowest BCUT2D eigenvalue weighted by Gasteiger charge is -2.12. The molecule has 0 atom stereocenters. The van der Waals surface area contributed by atoms with Crippen molar-refractivity contribution in [3.8, 4) is 5.75 Å². The highest BCUT2D eigenvalue weighted by atomic mass is 32.1. The number of benzene rings is 1. The fourth-order valence-electron chi connectivity index (χ4n) is 1.58. The summed E-state index contributed by atoms with van der Waals surface area (Å²) < 4.78 is 0. The number of allylic oxidation sites excluding steroid dienone is 4. The third kappa shape index (κ3) is 1.83. The molecule has 0 aliphatic heterocycles. The topological polar surface area (TPSA) is 37.3 Å². The van der Waals surface area contributed by atoms with Crippen molar-refractivity contribution in [1.29, 1.82) is 0 Å². The maximum atomic E-state index is 11.7. The zero-order valence-corrected chi connectivity index (χ0v) is 8.87. The molecule has 2 rings (SSSR count). The van der Waals surface area contributed by atoms with Gasteiger partial charge in [-0.05, 0) is 23.5 Å². The molecule has 1 aromatic carbocycles. The summed E-state index contributed by atoms with van der Waals surface area (Å²) in [6.07, 6.45) is 3.92. The minimum absolute atomic E-state index is 0.104. The van der Waals surface area contributed by atoms with E-state index in [9.17, 15) is 9.90 Å². The van der Waals surface area contributed by atoms with Crippen LogP contribution in [0.5, 0.6) is 5.75 Å². The number of carbonyl (C=O) groups excluding carboxylic acids is 1. The molecule has 1 aliphatic rings. The molecule has 0 heterocycles. The number of ketones is 1. The number of carbonyl (C=O) groups is 1. The SMILES string of the molecule is O=C1C=CCC(S)=C1c1ccccc1O. The highest BCUT2D eigenvalue weighted by Gasteiger charge is 2.18. The van der Waals surface area contributed by atoms with Crippen LogP contribution in [0.15, 0.2) is 41.3 Å². The molecule has 15 heavy (non-hydrogen) atoms. The Morgan fingerprint density at radius 3 is 2.67 bits per heavy atom. The summed E-state index contributed by atoms with van der Waals surface area (Å²) in [5.41, 5.74) is 1.05. The second-order valence-electron chi connectivity index (χ2n) is 3.31. The number of para-hydroxylation sites is 1. The van der Waals surface area contributed by atoms with Gasteiger partial charge >= 0.3 is 0 Å². The quantitative estimate of drug-likeness (QED) is 0.711. The van der Waals surface area contributed by atoms with Crippen LogP contribution < -0.4 is 0 Å². The second kappa shape index (κ2) is 3.95. The molecular formula is C12H10O2S. The van der Waals surface area contributed by atoms with E-state index in [1.54, 1.807) is 30.3 Å². The first-order valence-electron chi connectivity index (χ1n) is 4.61. The molecule has 2 nitrogen and oxygen atoms in total. The van der Waals surface area contributed by atoms with Crippen LogP contribution in [0.4, 0.5) is 0 Å². The van der Waals surface area contributed by atoms with Crippen molar-refractivity contribution in [2.75, 3.05) is 0 Å². The molecule has 1 aromatic rings. The van der Waals surface area contributed by atoms with Crippen molar-refractivity contribution >= 4 is 24.0 Å². The van der Waals surface area contributed by atoms with E-state index in [1.165, 1.54) is 6.08 Å². The number of aromatic hydroxyl groups is 1. The third-order valence-electron chi connectivity index (χ3n) is 2.29. The zero-order valence-electron chi connectivity index (χ0n) is 7.97. The molecule has 0 aromatic heterocycles. The minimum atomic E-state index is -0.104. The van der Waals surface area contributed by atoms with Gasteiger partial charge in [0.05, 0.1) is 0 Å². The van der Waals surface area contributed by atoms with E-state index in [1.807, 2.05) is 0 Å². The Morgan fingerprint density at radius 1 is 1.27 bits per heavy atom. The van der Waals surface area contributed by atoms with Crippen LogP contribution in [-0.2, 0) is 4.79 Å². The van der Waals surface area contributed by atoms with Crippen LogP contribution in [0.1, 0.15) is 12.0 Å². The van der Waals surface area contributed by atoms with Gasteiger partial charge in [0.25, 0.3) is 0 Å². The first-order chi connectivity index (χ1) is 7.20. The standard InChI is InChI=1S/C12H10O2S/c13-9-5-2-1-4-8(9)12-10(14)6-3-7-11(12)15/h1-6,13,15H,7H2. The summed E-state index contributed by atoms with van der Waals surface area (Å²) in [6.45, 7) is 0. The summed E-state index contributed by atoms with van der Waals surface area (Å²) in [7, 11) is 0. The third-order valence-corrected chi connectivity index (χ3v) is 2.69. The van der Waals surface area contributed by atoms with E-state index in [0.717, 1.165) is 0 Å². The molecule has 3 heteroatoms. The van der Waals surface area contributed by atoms with Gasteiger partial charge in [0.2, 0.25) is 0 Å². The van der Waals surface area contributed by atoms with Crippen molar-refractivity contribution in [3.05, 3.63) is 46.9 Å². The van der Waals surface area contributed by atoms with E-state index in [2.05, 4.69) is 12.6 Å². The predicted molar refractivity (Wildman–Crippen MR) is 62.8 cm³/mol. The Labute approximate surface area is 93.3 Å². The largest absolute Gasteiger partial charge is 0.507 e. The summed E-state index contributed by atoms with van der Waals surface area (Å²) in [6, 6.07) is 6.79. The minimum Gasteiger partial charge on any atom is -0.507 e. The van der Waals surface area contributed by atoms with Gasteiger partial charge in [-0.1, -0.05) is 24.3 Å². The van der Waals surface area contributed by atoms with E-state index in [0.29, 0.717) is 22.5 Å². The summed E-state index contributed by atoms with van der Waals surface area (Å²) in [5, 5.41) is 9.65. The van der Waals surface area contributed by atoms with E-state index in [4.69, 9.17) is 0 Å². The van der Waals surface area contributed by atoms with Gasteiger partial charge < -0.3 is 5.11 Å². The lowest BCUT2D eigenvalue weighted by Crippen LogP contribution is -2.04. The van der Waals surface area contributed by atoms with Crippen molar-refractivity contribution in [1.82, 2.24) is 0 Å². The number of phenols is 1. The first kappa shape index (κ1) is 10.1. The average Bonchev–Trinajstić information content (AvgIpc) is 2.20. The van der Waals surface area contributed by atoms with Crippen LogP contribution in [-0.4, -0.2) is 10.9 Å². The van der Waals surface area contributed by atoms with Crippen LogP contribution in [0.2, 0.25) is 0 Å². The highest BCUT2D eigenvalue weighted by molar-refractivity contribution is 7.84. The van der Waals surface area contributed by atoms with E-state index < -0.39 is 0 Å². The smallest absolute Gasteiger partial charge is 0.187 e. The molecule has 1 aliphatic carbocycles. The summed E-state index contributed by atoms with van der Waals surface area (Å²) in [4.78, 5) is 12.4. The van der Waals surface area contributed by atoms with Crippen LogP contribution in [0.25, 0.3) is 5.57 Å². The maximum absolute atomic E-state index is 11.7. The van der Waals surface area contributed by atoms with Crippen molar-refractivity contribution in [2.24, 2.45) is 0 Å². The lowest BCUT2D eigenvalue weighted by atomic mass is 9.96. The number of rotatable bonds is 1. The molecule has 0 radical (unpaired) electrons. The van der Waals surface area contributed by atoms with E-state index >= 15 is 0 Å². The number of hydrogen-bond acceptors (Lipinski definition) is 3. The fourth-order valence-corrected chi connectivity index (χ4v) is 1.91. The van der Waals surface area contributed by atoms with E-state index in [-0.39, 0.29) is 11.5 Å². The normalized spacial score (nSPS) is 15.9. The molecular weight excluding hydrogens is 208 g/mol. The van der Waals surface area contributed by atoms with Crippen molar-refractivity contribution < 1.29 is 9.90 Å². The van der Waals surface area contributed by atoms with Gasteiger partial charge in [-0.2, -0.15) is 0 Å². The van der Waals surface area contributed by atoms with Crippen LogP contribution >= 0.6 is 12.6 Å². The summed E-state index contributed by atoms with van der Waals surface area (Å²) >= 11 is 4.27. The Bertz CT molecular complexity index is 472. The molecule has 0 saturated heterocycles. The Morgan fingerprint density at radius 2 is 2.00 bits per heavy atom. The molecule has 0 fully saturated rings. The van der Waals surface area contributed by atoms with Crippen LogP contribution in [0, 0.1) is 0 Å². The molecule has 76 valence electrons. The van der Waals surface area contributed by atoms with Crippen molar-refractivity contribution in [3.63, 3.8) is 0 Å². The van der Waals surface area contributed by atoms with Gasteiger partial charge in [0.1, 0.15) is 5.75 Å². The number of hydrogen-bond donors (Lipinski definition) is 2. The van der Waals surface area contributed by atoms with Crippen LogP contribution in [0.3, 0.4) is 0 Å². The Hall–Kier alpha value is -1.48. The first-order valence-corrected chi connectivity index (χ1v) is 5.06. The lowest BCUT2D eigenvalue weighted by molar-refractivity contribution is -0.109. The maximum Gasteiger partial charge on any atom is 0.187 e. The monoisotopic (exact) mass is 218 g/mol. The molecule has 0 spiro atoms. The fraction of sp³-hybridized carbons (Fsp3) is 0.0833. The molecule has 1 N–H and O–H groups in total. The van der Waals surface area contributed by atoms with Gasteiger partial charge in [0.15, 0.2) is 5.78 Å². The molecule has 0 unspecified atom stereocenters. The second-order valence-corrected chi connectivity index (χ2v) is 3.85. The Balaban J connectivity index is 2.56. The average molecular weight is 218 g/mol. The molecule has 0 saturated carbocycles. The highest BCUT2D eigenvalue weighted by Crippen LogP contribution is 2.33. The molecule has 0 amide bonds. The Kier molecular flexibility index (Phi) is 2.64. The summed E-state index contributed by atoms with van der Waals surface area (Å²) in [5.74, 6) is 0.00968. The van der Waals surface area contributed by atoms with Gasteiger partial charge in [-0.15, -0.1) is 12.6 Å². The number of thiol groups is 1. The van der Waals surface area contributed by atoms with Gasteiger partial charge in [0, 0.05) is 11.1 Å². The zero-order chi connectivity index (χ0) is 10.8. The van der Waals surface area contributed by atoms with Gasteiger partial charge in [-0.25, -0.2) is 0 Å². The van der Waals surface area contributed by atoms with Gasteiger partial charge in [-0.3, -0.25) is 4.79 Å².